The van der Waals surface area contributed by atoms with Crippen LogP contribution in [0.3, 0.4) is 0 Å². The quantitative estimate of drug-likeness (QED) is 0.783. The molecule has 0 radical (unpaired) electrons. The van der Waals surface area contributed by atoms with Crippen LogP contribution in [-0.2, 0) is 4.79 Å². The van der Waals surface area contributed by atoms with Gasteiger partial charge >= 0.3 is 0 Å². The van der Waals surface area contributed by atoms with Gasteiger partial charge in [-0.05, 0) is 30.7 Å². The van der Waals surface area contributed by atoms with Gasteiger partial charge in [0.1, 0.15) is 5.92 Å². The second kappa shape index (κ2) is 7.03. The molecule has 0 unspecified atom stereocenters. The second-order valence-corrected chi connectivity index (χ2v) is 6.19. The Morgan fingerprint density at radius 1 is 1.33 bits per heavy atom. The van der Waals surface area contributed by atoms with Crippen LogP contribution in [0.1, 0.15) is 22.5 Å². The monoisotopic (exact) mass is 370 g/mol. The third-order valence-electron chi connectivity index (χ3n) is 4.28. The topological polar surface area (TPSA) is 102 Å². The average molecular weight is 370 g/mol. The van der Waals surface area contributed by atoms with E-state index in [1.165, 1.54) is 18.2 Å². The first-order valence-electron chi connectivity index (χ1n) is 8.10. The number of benzene rings is 1. The number of pyridine rings is 1. The van der Waals surface area contributed by atoms with Gasteiger partial charge in [0.25, 0.3) is 5.91 Å². The Labute approximate surface area is 154 Å². The molecule has 1 fully saturated rings. The molecule has 1 aliphatic heterocycles. The fourth-order valence-electron chi connectivity index (χ4n) is 2.79. The smallest absolute Gasteiger partial charge is 0.269 e. The molecule has 1 aliphatic rings. The van der Waals surface area contributed by atoms with Gasteiger partial charge in [0.05, 0.1) is 11.4 Å². The Bertz CT molecular complexity index is 1010. The molecular formula is C19H16F2N4O2. The van der Waals surface area contributed by atoms with E-state index in [0.29, 0.717) is 13.0 Å². The van der Waals surface area contributed by atoms with Gasteiger partial charge in [0.15, 0.2) is 17.3 Å². The number of likely N-dealkylation sites (tertiary alicyclic amines) is 1. The summed E-state index contributed by atoms with van der Waals surface area (Å²) in [6, 6.07) is 4.94. The maximum Gasteiger partial charge on any atom is 0.269 e. The Hall–Kier alpha value is -3.47. The fraction of sp³-hybridized carbons (Fsp3) is 0.211. The highest BCUT2D eigenvalue weighted by atomic mass is 19.2. The minimum Gasteiger partial charge on any atom is -0.397 e. The largest absolute Gasteiger partial charge is 0.397 e. The molecule has 0 aliphatic carbocycles. The van der Waals surface area contributed by atoms with E-state index in [2.05, 4.69) is 16.8 Å². The molecule has 3 rings (SSSR count). The zero-order valence-corrected chi connectivity index (χ0v) is 14.4. The van der Waals surface area contributed by atoms with E-state index in [1.807, 2.05) is 0 Å². The molecule has 1 aromatic carbocycles. The number of nitrogens with two attached hydrogens (primary N) is 2. The number of aromatic nitrogens is 1. The molecule has 4 N–H and O–H groups in total. The van der Waals surface area contributed by atoms with Gasteiger partial charge in [-0.1, -0.05) is 11.8 Å². The van der Waals surface area contributed by atoms with Gasteiger partial charge in [-0.25, -0.2) is 13.8 Å². The Balaban J connectivity index is 2.02. The van der Waals surface area contributed by atoms with Crippen molar-refractivity contribution >= 4 is 17.5 Å². The predicted molar refractivity (Wildman–Crippen MR) is 95.1 cm³/mol. The summed E-state index contributed by atoms with van der Waals surface area (Å²) >= 11 is 0. The summed E-state index contributed by atoms with van der Waals surface area (Å²) in [5.41, 5.74) is 10.6. The fourth-order valence-corrected chi connectivity index (χ4v) is 2.79. The van der Waals surface area contributed by atoms with Crippen molar-refractivity contribution in [1.29, 1.82) is 0 Å². The van der Waals surface area contributed by atoms with Crippen LogP contribution in [0.25, 0.3) is 11.3 Å². The number of amides is 2. The van der Waals surface area contributed by atoms with Crippen LogP contribution in [0.4, 0.5) is 14.5 Å². The molecule has 8 heteroatoms. The van der Waals surface area contributed by atoms with Crippen LogP contribution in [0.5, 0.6) is 0 Å². The first kappa shape index (κ1) is 18.3. The van der Waals surface area contributed by atoms with Crippen molar-refractivity contribution in [1.82, 2.24) is 9.88 Å². The first-order chi connectivity index (χ1) is 12.8. The number of nitrogen functional groups attached to an aromatic ring is 1. The lowest BCUT2D eigenvalue weighted by molar-refractivity contribution is -0.128. The zero-order valence-electron chi connectivity index (χ0n) is 14.4. The molecule has 2 aromatic rings. The summed E-state index contributed by atoms with van der Waals surface area (Å²) in [7, 11) is 1.68. The van der Waals surface area contributed by atoms with Crippen LogP contribution < -0.4 is 11.5 Å². The number of hydrogen-bond donors (Lipinski definition) is 2. The number of hydrogen-bond acceptors (Lipinski definition) is 4. The van der Waals surface area contributed by atoms with Crippen molar-refractivity contribution in [3.8, 4) is 23.1 Å². The molecule has 1 atom stereocenters. The number of carbonyl (C=O) groups excluding carboxylic acids is 2. The molecular weight excluding hydrogens is 354 g/mol. The van der Waals surface area contributed by atoms with Gasteiger partial charge in [-0.3, -0.25) is 9.59 Å². The zero-order chi connectivity index (χ0) is 19.7. The van der Waals surface area contributed by atoms with Crippen molar-refractivity contribution in [3.63, 3.8) is 0 Å². The van der Waals surface area contributed by atoms with Gasteiger partial charge in [0, 0.05) is 24.7 Å². The van der Waals surface area contributed by atoms with Gasteiger partial charge in [-0.2, -0.15) is 0 Å². The van der Waals surface area contributed by atoms with Crippen LogP contribution in [-0.4, -0.2) is 35.3 Å². The SMILES string of the molecule is CN1CC[C@@H](C#Cc2cc(F)c(F)c(-c3ccc(N)c(C(N)=O)n3)c2)C1=O. The van der Waals surface area contributed by atoms with Gasteiger partial charge in [-0.15, -0.1) is 0 Å². The lowest BCUT2D eigenvalue weighted by atomic mass is 10.0. The number of primary amides is 1. The minimum absolute atomic E-state index is 0.00488. The second-order valence-electron chi connectivity index (χ2n) is 6.19. The molecule has 0 bridgehead atoms. The summed E-state index contributed by atoms with van der Waals surface area (Å²) in [5, 5.41) is 0. The summed E-state index contributed by atoms with van der Waals surface area (Å²) in [6.07, 6.45) is 0.584. The molecule has 1 aromatic heterocycles. The summed E-state index contributed by atoms with van der Waals surface area (Å²) < 4.78 is 28.3. The first-order valence-corrected chi connectivity index (χ1v) is 8.10. The number of nitrogens with zero attached hydrogens (tertiary/aromatic N) is 2. The molecule has 0 saturated carbocycles. The van der Waals surface area contributed by atoms with Crippen LogP contribution >= 0.6 is 0 Å². The van der Waals surface area contributed by atoms with Crippen LogP contribution in [0.2, 0.25) is 0 Å². The Morgan fingerprint density at radius 2 is 2.07 bits per heavy atom. The highest BCUT2D eigenvalue weighted by molar-refractivity contribution is 5.96. The van der Waals surface area contributed by atoms with Crippen molar-refractivity contribution in [3.05, 3.63) is 47.2 Å². The predicted octanol–water partition coefficient (Wildman–Crippen LogP) is 1.54. The number of halogens is 2. The lowest BCUT2D eigenvalue weighted by Gasteiger charge is -2.08. The van der Waals surface area contributed by atoms with E-state index in [1.54, 1.807) is 11.9 Å². The van der Waals surface area contributed by atoms with Crippen molar-refractivity contribution in [2.75, 3.05) is 19.3 Å². The molecule has 27 heavy (non-hydrogen) atoms. The van der Waals surface area contributed by atoms with E-state index >= 15 is 0 Å². The normalized spacial score (nSPS) is 16.2. The van der Waals surface area contributed by atoms with E-state index in [9.17, 15) is 18.4 Å². The van der Waals surface area contributed by atoms with E-state index in [-0.39, 0.29) is 34.1 Å². The third kappa shape index (κ3) is 3.58. The van der Waals surface area contributed by atoms with Crippen LogP contribution in [0.15, 0.2) is 24.3 Å². The number of carbonyl (C=O) groups is 2. The van der Waals surface area contributed by atoms with Crippen molar-refractivity contribution < 1.29 is 18.4 Å². The Kier molecular flexibility index (Phi) is 4.77. The molecule has 2 amide bonds. The third-order valence-corrected chi connectivity index (χ3v) is 4.28. The van der Waals surface area contributed by atoms with E-state index in [4.69, 9.17) is 11.5 Å². The highest BCUT2D eigenvalue weighted by Gasteiger charge is 2.27. The minimum atomic E-state index is -1.13. The maximum atomic E-state index is 14.3. The number of anilines is 1. The Morgan fingerprint density at radius 3 is 2.70 bits per heavy atom. The standard InChI is InChI=1S/C19H16F2N4O2/c1-25-7-6-11(19(25)27)3-2-10-8-12(16(21)13(20)9-10)15-5-4-14(22)17(24-15)18(23)26/h4-5,8-9,11H,6-7,22H2,1H3,(H2,23,26)/t11-/m1/s1. The summed E-state index contributed by atoms with van der Waals surface area (Å²) in [4.78, 5) is 28.8. The van der Waals surface area contributed by atoms with Crippen molar-refractivity contribution in [2.45, 2.75) is 6.42 Å². The average Bonchev–Trinajstić information content (AvgIpc) is 2.95. The number of rotatable bonds is 2. The maximum absolute atomic E-state index is 14.3. The summed E-state index contributed by atoms with van der Waals surface area (Å²) in [5.74, 6) is 1.81. The molecule has 1 saturated heterocycles. The molecule has 0 spiro atoms. The van der Waals surface area contributed by atoms with Crippen molar-refractivity contribution in [2.24, 2.45) is 11.7 Å². The molecule has 138 valence electrons. The lowest BCUT2D eigenvalue weighted by Crippen LogP contribution is -2.21. The molecule has 2 heterocycles. The molecule has 6 nitrogen and oxygen atoms in total. The van der Waals surface area contributed by atoms with Gasteiger partial charge < -0.3 is 16.4 Å². The highest BCUT2D eigenvalue weighted by Crippen LogP contribution is 2.26. The summed E-state index contributed by atoms with van der Waals surface area (Å²) in [6.45, 7) is 0.604. The van der Waals surface area contributed by atoms with E-state index < -0.39 is 23.5 Å². The van der Waals surface area contributed by atoms with Crippen LogP contribution in [0, 0.1) is 29.4 Å². The van der Waals surface area contributed by atoms with E-state index in [0.717, 1.165) is 6.07 Å². The van der Waals surface area contributed by atoms with Gasteiger partial charge in [0.2, 0.25) is 5.91 Å².